The summed E-state index contributed by atoms with van der Waals surface area (Å²) in [5, 5.41) is 9.29. The summed E-state index contributed by atoms with van der Waals surface area (Å²) in [5.74, 6) is 0.333. The average Bonchev–Trinajstić information content (AvgIpc) is 3.22. The predicted molar refractivity (Wildman–Crippen MR) is 143 cm³/mol. The smallest absolute Gasteiger partial charge is 0.423 e. The van der Waals surface area contributed by atoms with Crippen LogP contribution in [0.4, 0.5) is 4.79 Å². The molecule has 188 valence electrons. The second-order valence-corrected chi connectivity index (χ2v) is 11.6. The van der Waals surface area contributed by atoms with Crippen molar-refractivity contribution in [2.45, 2.75) is 65.9 Å². The van der Waals surface area contributed by atoms with Gasteiger partial charge in [0.15, 0.2) is 5.75 Å². The van der Waals surface area contributed by atoms with E-state index in [1.54, 1.807) is 6.07 Å². The number of nitrogens with zero attached hydrogens (tertiary/aromatic N) is 3. The summed E-state index contributed by atoms with van der Waals surface area (Å²) in [6.07, 6.45) is 0.185. The number of hydrogen-bond donors (Lipinski definition) is 0. The highest BCUT2D eigenvalue weighted by molar-refractivity contribution is 5.74. The first-order chi connectivity index (χ1) is 16.8. The van der Waals surface area contributed by atoms with E-state index in [4.69, 9.17) is 9.47 Å². The van der Waals surface area contributed by atoms with Gasteiger partial charge < -0.3 is 9.47 Å². The Kier molecular flexibility index (Phi) is 6.65. The molecule has 4 aromatic rings. The second-order valence-electron chi connectivity index (χ2n) is 11.6. The molecule has 36 heavy (non-hydrogen) atoms. The van der Waals surface area contributed by atoms with Gasteiger partial charge in [-0.15, -0.1) is 15.0 Å². The molecular formula is C30H35N3O3. The molecule has 0 bridgehead atoms. The van der Waals surface area contributed by atoms with Crippen LogP contribution in [-0.2, 0) is 15.8 Å². The number of carbonyl (C=O) groups is 1. The van der Waals surface area contributed by atoms with E-state index < -0.39 is 11.8 Å². The SMILES string of the molecule is CC(C)(C)CC(C)(C)c1ccc(OC(=O)OC(C)(C)c2ccccc2)c(-n2nc3ccccc3n2)c1. The van der Waals surface area contributed by atoms with Crippen molar-refractivity contribution in [3.05, 3.63) is 83.9 Å². The van der Waals surface area contributed by atoms with Crippen LogP contribution in [0, 0.1) is 5.41 Å². The van der Waals surface area contributed by atoms with E-state index in [1.807, 2.05) is 80.6 Å². The van der Waals surface area contributed by atoms with Crippen LogP contribution in [0.5, 0.6) is 5.75 Å². The maximum atomic E-state index is 12.9. The van der Waals surface area contributed by atoms with Gasteiger partial charge in [-0.1, -0.05) is 83.1 Å². The van der Waals surface area contributed by atoms with Crippen molar-refractivity contribution in [1.82, 2.24) is 15.0 Å². The van der Waals surface area contributed by atoms with E-state index in [1.165, 1.54) is 4.80 Å². The molecule has 0 aliphatic carbocycles. The van der Waals surface area contributed by atoms with Crippen LogP contribution in [-0.4, -0.2) is 21.1 Å². The van der Waals surface area contributed by atoms with Gasteiger partial charge in [0, 0.05) is 0 Å². The number of carbonyl (C=O) groups excluding carboxylic acids is 1. The lowest BCUT2D eigenvalue weighted by atomic mass is 9.72. The highest BCUT2D eigenvalue weighted by Gasteiger charge is 2.30. The van der Waals surface area contributed by atoms with E-state index in [0.29, 0.717) is 11.4 Å². The lowest BCUT2D eigenvalue weighted by Crippen LogP contribution is -2.28. The maximum absolute atomic E-state index is 12.9. The molecule has 1 aromatic heterocycles. The van der Waals surface area contributed by atoms with E-state index in [-0.39, 0.29) is 10.8 Å². The van der Waals surface area contributed by atoms with Gasteiger partial charge in [-0.25, -0.2) is 4.79 Å². The Morgan fingerprint density at radius 2 is 1.36 bits per heavy atom. The average molecular weight is 486 g/mol. The third-order valence-electron chi connectivity index (χ3n) is 6.22. The Balaban J connectivity index is 1.70. The summed E-state index contributed by atoms with van der Waals surface area (Å²) < 4.78 is 11.5. The Morgan fingerprint density at radius 1 is 0.778 bits per heavy atom. The normalized spacial score (nSPS) is 12.5. The molecule has 1 heterocycles. The molecule has 0 spiro atoms. The molecule has 0 radical (unpaired) electrons. The van der Waals surface area contributed by atoms with Gasteiger partial charge in [-0.3, -0.25) is 0 Å². The van der Waals surface area contributed by atoms with Crippen LogP contribution in [0.3, 0.4) is 0 Å². The van der Waals surface area contributed by atoms with E-state index >= 15 is 0 Å². The zero-order chi connectivity index (χ0) is 26.1. The van der Waals surface area contributed by atoms with Crippen molar-refractivity contribution in [1.29, 1.82) is 0 Å². The van der Waals surface area contributed by atoms with Gasteiger partial charge in [0.2, 0.25) is 0 Å². The summed E-state index contributed by atoms with van der Waals surface area (Å²) in [5.41, 5.74) is 3.26. The van der Waals surface area contributed by atoms with Gasteiger partial charge >= 0.3 is 6.16 Å². The fourth-order valence-corrected chi connectivity index (χ4v) is 4.79. The first-order valence-electron chi connectivity index (χ1n) is 12.3. The Morgan fingerprint density at radius 3 is 1.94 bits per heavy atom. The largest absolute Gasteiger partial charge is 0.514 e. The Labute approximate surface area is 213 Å². The van der Waals surface area contributed by atoms with E-state index in [9.17, 15) is 4.79 Å². The third-order valence-corrected chi connectivity index (χ3v) is 6.22. The number of benzene rings is 3. The lowest BCUT2D eigenvalue weighted by molar-refractivity contribution is 0.00631. The summed E-state index contributed by atoms with van der Waals surface area (Å²) in [6.45, 7) is 14.8. The molecule has 0 N–H and O–H groups in total. The predicted octanol–water partition coefficient (Wildman–Crippen LogP) is 7.59. The first-order valence-corrected chi connectivity index (χ1v) is 12.3. The molecule has 0 amide bonds. The highest BCUT2D eigenvalue weighted by Crippen LogP contribution is 2.38. The number of aromatic nitrogens is 3. The number of ether oxygens (including phenoxy) is 2. The van der Waals surface area contributed by atoms with Crippen molar-refractivity contribution < 1.29 is 14.3 Å². The zero-order valence-corrected chi connectivity index (χ0v) is 22.2. The molecule has 0 atom stereocenters. The monoisotopic (exact) mass is 485 g/mol. The van der Waals surface area contributed by atoms with Gasteiger partial charge in [0.1, 0.15) is 22.3 Å². The van der Waals surface area contributed by atoms with Gasteiger partial charge in [-0.05, 0) is 66.5 Å². The van der Waals surface area contributed by atoms with E-state index in [0.717, 1.165) is 28.6 Å². The van der Waals surface area contributed by atoms with E-state index in [2.05, 4.69) is 44.8 Å². The fraction of sp³-hybridized carbons (Fsp3) is 0.367. The van der Waals surface area contributed by atoms with Crippen LogP contribution in [0.15, 0.2) is 72.8 Å². The Bertz CT molecular complexity index is 1330. The van der Waals surface area contributed by atoms with Gasteiger partial charge in [0.25, 0.3) is 0 Å². The van der Waals surface area contributed by atoms with Crippen molar-refractivity contribution in [3.8, 4) is 11.4 Å². The van der Waals surface area contributed by atoms with Crippen molar-refractivity contribution in [3.63, 3.8) is 0 Å². The summed E-state index contributed by atoms with van der Waals surface area (Å²) in [6, 6.07) is 23.1. The molecule has 0 aliphatic heterocycles. The molecule has 0 saturated carbocycles. The maximum Gasteiger partial charge on any atom is 0.514 e. The van der Waals surface area contributed by atoms with Crippen LogP contribution < -0.4 is 4.74 Å². The molecule has 0 unspecified atom stereocenters. The third kappa shape index (κ3) is 5.76. The first kappa shape index (κ1) is 25.4. The van der Waals surface area contributed by atoms with Crippen molar-refractivity contribution in [2.75, 3.05) is 0 Å². The van der Waals surface area contributed by atoms with Crippen LogP contribution in [0.25, 0.3) is 16.7 Å². The number of hydrogen-bond acceptors (Lipinski definition) is 5. The molecule has 0 saturated heterocycles. The lowest BCUT2D eigenvalue weighted by Gasteiger charge is -2.33. The summed E-state index contributed by atoms with van der Waals surface area (Å²) in [7, 11) is 0. The molecule has 4 rings (SSSR count). The standard InChI is InChI=1S/C30H35N3O3/c1-28(2,3)20-29(4,5)22-17-18-26(25(19-22)33-31-23-15-11-12-16-24(23)32-33)35-27(34)36-30(6,7)21-13-9-8-10-14-21/h8-19H,20H2,1-7H3. The molecule has 0 aliphatic rings. The van der Waals surface area contributed by atoms with Crippen molar-refractivity contribution >= 4 is 17.2 Å². The number of fused-ring (bicyclic) bond motifs is 1. The molecular weight excluding hydrogens is 450 g/mol. The quantitative estimate of drug-likeness (QED) is 0.208. The van der Waals surface area contributed by atoms with Crippen molar-refractivity contribution in [2.24, 2.45) is 5.41 Å². The topological polar surface area (TPSA) is 66.2 Å². The molecule has 6 nitrogen and oxygen atoms in total. The zero-order valence-electron chi connectivity index (χ0n) is 22.2. The molecule has 0 fully saturated rings. The fourth-order valence-electron chi connectivity index (χ4n) is 4.79. The van der Waals surface area contributed by atoms with Gasteiger partial charge in [-0.2, -0.15) is 0 Å². The number of rotatable bonds is 6. The minimum atomic E-state index is -0.855. The Hall–Kier alpha value is -3.67. The minimum Gasteiger partial charge on any atom is -0.423 e. The minimum absolute atomic E-state index is 0.117. The highest BCUT2D eigenvalue weighted by atomic mass is 16.7. The molecule has 6 heteroatoms. The molecule has 3 aromatic carbocycles. The summed E-state index contributed by atoms with van der Waals surface area (Å²) >= 11 is 0. The second kappa shape index (κ2) is 9.41. The van der Waals surface area contributed by atoms with Crippen LogP contribution in [0.1, 0.15) is 66.0 Å². The van der Waals surface area contributed by atoms with Crippen LogP contribution in [0.2, 0.25) is 0 Å². The summed E-state index contributed by atoms with van der Waals surface area (Å²) in [4.78, 5) is 14.5. The van der Waals surface area contributed by atoms with Crippen LogP contribution >= 0.6 is 0 Å². The van der Waals surface area contributed by atoms with Gasteiger partial charge in [0.05, 0.1) is 0 Å².